The van der Waals surface area contributed by atoms with E-state index in [-0.39, 0.29) is 11.5 Å². The zero-order valence-corrected chi connectivity index (χ0v) is 17.8. The minimum absolute atomic E-state index is 0.0475. The summed E-state index contributed by atoms with van der Waals surface area (Å²) in [4.78, 5) is 26.5. The first-order valence-corrected chi connectivity index (χ1v) is 10.6. The van der Waals surface area contributed by atoms with Gasteiger partial charge in [0.2, 0.25) is 0 Å². The molecule has 1 aliphatic rings. The van der Waals surface area contributed by atoms with Crippen molar-refractivity contribution in [1.29, 1.82) is 0 Å². The van der Waals surface area contributed by atoms with E-state index in [0.717, 1.165) is 4.47 Å². The average molecular weight is 465 g/mol. The molecule has 0 radical (unpaired) electrons. The number of carbonyl (C=O) groups is 1. The van der Waals surface area contributed by atoms with Gasteiger partial charge in [0.15, 0.2) is 0 Å². The molecule has 6 heteroatoms. The molecular formula is C24H21BrN2O3. The third-order valence-electron chi connectivity index (χ3n) is 5.12. The van der Waals surface area contributed by atoms with E-state index >= 15 is 0 Å². The van der Waals surface area contributed by atoms with Crippen molar-refractivity contribution < 1.29 is 9.53 Å². The second-order valence-corrected chi connectivity index (χ2v) is 7.96. The second-order valence-electron chi connectivity index (χ2n) is 7.05. The molecule has 5 nitrogen and oxygen atoms in total. The maximum Gasteiger partial charge on any atom is 0.407 e. The average Bonchev–Trinajstić information content (AvgIpc) is 3.08. The van der Waals surface area contributed by atoms with Crippen LogP contribution in [0.15, 0.2) is 76.1 Å². The van der Waals surface area contributed by atoms with Crippen molar-refractivity contribution in [2.24, 2.45) is 0 Å². The van der Waals surface area contributed by atoms with E-state index in [1.54, 1.807) is 18.3 Å². The summed E-state index contributed by atoms with van der Waals surface area (Å²) >= 11 is 3.33. The molecular weight excluding hydrogens is 444 g/mol. The van der Waals surface area contributed by atoms with Gasteiger partial charge in [0.05, 0.1) is 0 Å². The Morgan fingerprint density at radius 3 is 2.47 bits per heavy atom. The van der Waals surface area contributed by atoms with E-state index in [2.05, 4.69) is 50.5 Å². The summed E-state index contributed by atoms with van der Waals surface area (Å²) in [6.45, 7) is 0.724. The molecule has 0 unspecified atom stereocenters. The monoisotopic (exact) mass is 464 g/mol. The molecule has 1 aromatic heterocycles. The van der Waals surface area contributed by atoms with Crippen LogP contribution in [0.1, 0.15) is 29.0 Å². The molecule has 1 heterocycles. The van der Waals surface area contributed by atoms with Crippen LogP contribution in [-0.4, -0.2) is 24.2 Å². The van der Waals surface area contributed by atoms with Crippen LogP contribution in [0.25, 0.3) is 17.2 Å². The Morgan fingerprint density at radius 2 is 1.77 bits per heavy atom. The number of fused-ring (bicyclic) bond motifs is 3. The van der Waals surface area contributed by atoms with Gasteiger partial charge in [0, 0.05) is 28.7 Å². The van der Waals surface area contributed by atoms with Crippen LogP contribution in [0, 0.1) is 0 Å². The predicted molar refractivity (Wildman–Crippen MR) is 121 cm³/mol. The molecule has 0 saturated heterocycles. The predicted octanol–water partition coefficient (Wildman–Crippen LogP) is 5.08. The minimum Gasteiger partial charge on any atom is -0.449 e. The van der Waals surface area contributed by atoms with Crippen LogP contribution in [0.4, 0.5) is 4.79 Å². The van der Waals surface area contributed by atoms with Crippen LogP contribution >= 0.6 is 15.9 Å². The third-order valence-corrected chi connectivity index (χ3v) is 5.58. The van der Waals surface area contributed by atoms with Crippen molar-refractivity contribution in [2.45, 2.75) is 12.3 Å². The number of aromatic amines is 1. The number of pyridine rings is 1. The Morgan fingerprint density at radius 1 is 1.10 bits per heavy atom. The molecule has 152 valence electrons. The summed E-state index contributed by atoms with van der Waals surface area (Å²) in [5, 5.41) is 2.76. The van der Waals surface area contributed by atoms with Gasteiger partial charge in [-0.2, -0.15) is 0 Å². The van der Waals surface area contributed by atoms with Crippen molar-refractivity contribution in [3.05, 3.63) is 98.4 Å². The largest absolute Gasteiger partial charge is 0.449 e. The number of alkyl carbamates (subject to hydrolysis) is 1. The zero-order valence-electron chi connectivity index (χ0n) is 16.2. The highest BCUT2D eigenvalue weighted by Gasteiger charge is 2.28. The summed E-state index contributed by atoms with van der Waals surface area (Å²) in [5.41, 5.74) is 5.19. The van der Waals surface area contributed by atoms with Crippen LogP contribution in [0.3, 0.4) is 0 Å². The summed E-state index contributed by atoms with van der Waals surface area (Å²) in [5.74, 6) is 0.0475. The highest BCUT2D eigenvalue weighted by molar-refractivity contribution is 9.10. The lowest BCUT2D eigenvalue weighted by Crippen LogP contribution is -2.26. The Kier molecular flexibility index (Phi) is 6.14. The summed E-state index contributed by atoms with van der Waals surface area (Å²) in [6, 6.07) is 18.2. The zero-order chi connectivity index (χ0) is 20.9. The van der Waals surface area contributed by atoms with Gasteiger partial charge in [-0.3, -0.25) is 4.79 Å². The lowest BCUT2D eigenvalue weighted by Gasteiger charge is -2.14. The molecule has 3 aromatic rings. The maximum atomic E-state index is 12.1. The number of H-pyrrole nitrogens is 1. The van der Waals surface area contributed by atoms with Crippen molar-refractivity contribution in [3.63, 3.8) is 0 Å². The molecule has 1 amide bonds. The van der Waals surface area contributed by atoms with Gasteiger partial charge in [0.25, 0.3) is 5.56 Å². The number of amides is 1. The van der Waals surface area contributed by atoms with E-state index < -0.39 is 6.09 Å². The quantitative estimate of drug-likeness (QED) is 0.499. The topological polar surface area (TPSA) is 71.2 Å². The first kappa shape index (κ1) is 20.2. The molecule has 0 aliphatic heterocycles. The Hall–Kier alpha value is -3.12. The Bertz CT molecular complexity index is 1110. The van der Waals surface area contributed by atoms with Crippen molar-refractivity contribution >= 4 is 28.1 Å². The summed E-state index contributed by atoms with van der Waals surface area (Å²) in [6.07, 6.45) is 5.34. The lowest BCUT2D eigenvalue weighted by molar-refractivity contribution is 0.143. The fraction of sp³-hybridized carbons (Fsp3) is 0.167. The number of hydrogen-bond acceptors (Lipinski definition) is 3. The van der Waals surface area contributed by atoms with Crippen LogP contribution < -0.4 is 10.9 Å². The molecule has 0 bridgehead atoms. The number of ether oxygens (including phenoxy) is 1. The van der Waals surface area contributed by atoms with Crippen molar-refractivity contribution in [2.75, 3.05) is 13.2 Å². The molecule has 2 aromatic carbocycles. The van der Waals surface area contributed by atoms with Crippen LogP contribution in [-0.2, 0) is 4.74 Å². The fourth-order valence-corrected chi connectivity index (χ4v) is 4.08. The van der Waals surface area contributed by atoms with Gasteiger partial charge in [-0.05, 0) is 50.7 Å². The number of carbonyl (C=O) groups excluding carboxylic acids is 1. The van der Waals surface area contributed by atoms with Gasteiger partial charge in [0.1, 0.15) is 6.61 Å². The highest BCUT2D eigenvalue weighted by Crippen LogP contribution is 2.44. The molecule has 1 aliphatic carbocycles. The maximum absolute atomic E-state index is 12.1. The summed E-state index contributed by atoms with van der Waals surface area (Å²) < 4.78 is 6.31. The van der Waals surface area contributed by atoms with Gasteiger partial charge in [-0.1, -0.05) is 60.7 Å². The summed E-state index contributed by atoms with van der Waals surface area (Å²) in [7, 11) is 0. The number of halogens is 1. The van der Waals surface area contributed by atoms with Gasteiger partial charge < -0.3 is 15.0 Å². The van der Waals surface area contributed by atoms with Gasteiger partial charge in [-0.15, -0.1) is 0 Å². The van der Waals surface area contributed by atoms with Crippen molar-refractivity contribution in [1.82, 2.24) is 10.3 Å². The number of benzene rings is 2. The van der Waals surface area contributed by atoms with E-state index in [4.69, 9.17) is 4.74 Å². The Balaban J connectivity index is 1.29. The van der Waals surface area contributed by atoms with Crippen LogP contribution in [0.2, 0.25) is 0 Å². The normalized spacial score (nSPS) is 12.6. The van der Waals surface area contributed by atoms with E-state index in [9.17, 15) is 9.59 Å². The van der Waals surface area contributed by atoms with E-state index in [1.165, 1.54) is 22.3 Å². The number of aromatic nitrogens is 1. The molecule has 0 saturated carbocycles. The minimum atomic E-state index is -0.439. The molecule has 4 rings (SSSR count). The number of rotatable bonds is 6. The van der Waals surface area contributed by atoms with Crippen molar-refractivity contribution in [3.8, 4) is 11.1 Å². The van der Waals surface area contributed by atoms with Gasteiger partial charge in [-0.25, -0.2) is 4.79 Å². The number of nitrogens with one attached hydrogen (secondary N) is 2. The smallest absolute Gasteiger partial charge is 0.407 e. The Labute approximate surface area is 182 Å². The molecule has 30 heavy (non-hydrogen) atoms. The first-order valence-electron chi connectivity index (χ1n) is 9.77. The third kappa shape index (κ3) is 4.39. The lowest BCUT2D eigenvalue weighted by atomic mass is 9.98. The van der Waals surface area contributed by atoms with E-state index in [1.807, 2.05) is 30.3 Å². The SMILES string of the molecule is O=C(NCCC=Cc1cc(Br)c[nH]c1=O)OCC1c2ccccc2-c2ccccc21. The second kappa shape index (κ2) is 9.13. The number of hydrogen-bond donors (Lipinski definition) is 2. The van der Waals surface area contributed by atoms with E-state index in [0.29, 0.717) is 25.1 Å². The first-order chi connectivity index (χ1) is 14.6. The fourth-order valence-electron chi connectivity index (χ4n) is 3.71. The molecule has 0 fully saturated rings. The van der Waals surface area contributed by atoms with Crippen LogP contribution in [0.5, 0.6) is 0 Å². The highest BCUT2D eigenvalue weighted by atomic mass is 79.9. The molecule has 0 atom stereocenters. The standard InChI is InChI=1S/C24H21BrN2O3/c25-17-13-16(23(28)27-14-17)7-5-6-12-26-24(29)30-15-22-20-10-3-1-8-18(20)19-9-2-4-11-21(19)22/h1-5,7-11,13-14,22H,6,12,15H2,(H,26,29)(H,27,28). The molecule has 2 N–H and O–H groups in total. The molecule has 0 spiro atoms. The van der Waals surface area contributed by atoms with Gasteiger partial charge >= 0.3 is 6.09 Å².